The number of halogens is 2. The Labute approximate surface area is 156 Å². The Morgan fingerprint density at radius 1 is 0.704 bits per heavy atom. The van der Waals surface area contributed by atoms with E-state index in [1.807, 2.05) is 30.5 Å². The highest BCUT2D eigenvalue weighted by Crippen LogP contribution is 2.13. The van der Waals surface area contributed by atoms with Gasteiger partial charge < -0.3 is 4.57 Å². The predicted molar refractivity (Wildman–Crippen MR) is 103 cm³/mol. The third-order valence-corrected chi connectivity index (χ3v) is 4.51. The summed E-state index contributed by atoms with van der Waals surface area (Å²) < 4.78 is 28.3. The largest absolute Gasteiger partial charge is 0.343 e. The molecule has 0 unspecified atom stereocenters. The van der Waals surface area contributed by atoms with E-state index in [-0.39, 0.29) is 11.6 Å². The van der Waals surface area contributed by atoms with Crippen molar-refractivity contribution in [3.63, 3.8) is 0 Å². The minimum absolute atomic E-state index is 0.233. The minimum Gasteiger partial charge on any atom is -0.343 e. The summed E-state index contributed by atoms with van der Waals surface area (Å²) in [6.45, 7) is 1.14. The first-order valence-corrected chi connectivity index (χ1v) is 8.77. The van der Waals surface area contributed by atoms with Crippen molar-refractivity contribution in [2.75, 3.05) is 0 Å². The van der Waals surface area contributed by atoms with Crippen molar-refractivity contribution in [1.82, 2.24) is 4.57 Å². The third-order valence-electron chi connectivity index (χ3n) is 4.51. The lowest BCUT2D eigenvalue weighted by Crippen LogP contribution is -2.10. The van der Waals surface area contributed by atoms with E-state index >= 15 is 0 Å². The summed E-state index contributed by atoms with van der Waals surface area (Å²) in [4.78, 5) is 4.71. The molecule has 0 N–H and O–H groups in total. The number of hydrogen-bond donors (Lipinski definition) is 0. The molecular weight excluding hydrogens is 342 g/mol. The van der Waals surface area contributed by atoms with Gasteiger partial charge in [0.1, 0.15) is 11.6 Å². The SMILES string of the molecule is Fc1ccc(CN=c2ccn(Cc3ccc(F)cc3)c3ccccc23)cc1. The molecule has 0 aliphatic rings. The van der Waals surface area contributed by atoms with Crippen molar-refractivity contribution in [2.24, 2.45) is 4.99 Å². The third kappa shape index (κ3) is 3.95. The van der Waals surface area contributed by atoms with E-state index in [4.69, 9.17) is 4.99 Å². The number of rotatable bonds is 4. The van der Waals surface area contributed by atoms with Crippen LogP contribution < -0.4 is 5.36 Å². The fourth-order valence-corrected chi connectivity index (χ4v) is 3.10. The molecule has 0 aliphatic carbocycles. The van der Waals surface area contributed by atoms with Gasteiger partial charge in [-0.3, -0.25) is 4.99 Å². The molecular formula is C23H18F2N2. The van der Waals surface area contributed by atoms with E-state index < -0.39 is 0 Å². The lowest BCUT2D eigenvalue weighted by atomic mass is 10.1. The van der Waals surface area contributed by atoms with Crippen LogP contribution in [0, 0.1) is 11.6 Å². The van der Waals surface area contributed by atoms with Crippen LogP contribution in [0.15, 0.2) is 90.1 Å². The Kier molecular flexibility index (Phi) is 4.79. The Balaban J connectivity index is 1.70. The van der Waals surface area contributed by atoms with E-state index in [0.717, 1.165) is 27.4 Å². The molecule has 0 radical (unpaired) electrons. The number of benzene rings is 3. The zero-order valence-electron chi connectivity index (χ0n) is 14.6. The van der Waals surface area contributed by atoms with Crippen LogP contribution in [0.5, 0.6) is 0 Å². The number of para-hydroxylation sites is 1. The van der Waals surface area contributed by atoms with Crippen LogP contribution in [0.2, 0.25) is 0 Å². The average Bonchev–Trinajstić information content (AvgIpc) is 2.70. The molecule has 0 amide bonds. The Morgan fingerprint density at radius 3 is 2.04 bits per heavy atom. The molecule has 0 aliphatic heterocycles. The van der Waals surface area contributed by atoms with E-state index in [2.05, 4.69) is 10.6 Å². The Hall–Kier alpha value is -3.27. The molecule has 0 saturated carbocycles. The van der Waals surface area contributed by atoms with Crippen molar-refractivity contribution in [3.8, 4) is 0 Å². The molecule has 0 fully saturated rings. The minimum atomic E-state index is -0.245. The van der Waals surface area contributed by atoms with Crippen LogP contribution in [-0.4, -0.2) is 4.57 Å². The molecule has 1 heterocycles. The van der Waals surface area contributed by atoms with Gasteiger partial charge in [-0.25, -0.2) is 8.78 Å². The first kappa shape index (κ1) is 17.2. The average molecular weight is 360 g/mol. The summed E-state index contributed by atoms with van der Waals surface area (Å²) in [5.41, 5.74) is 3.05. The highest BCUT2D eigenvalue weighted by atomic mass is 19.1. The first-order chi connectivity index (χ1) is 13.2. The molecule has 0 saturated heterocycles. The molecule has 1 aromatic heterocycles. The summed E-state index contributed by atoms with van der Waals surface area (Å²) in [5, 5.41) is 1.94. The molecule has 27 heavy (non-hydrogen) atoms. The molecule has 3 aromatic carbocycles. The van der Waals surface area contributed by atoms with Crippen molar-refractivity contribution in [1.29, 1.82) is 0 Å². The second-order valence-corrected chi connectivity index (χ2v) is 6.42. The van der Waals surface area contributed by atoms with Gasteiger partial charge in [0, 0.05) is 18.1 Å². The maximum Gasteiger partial charge on any atom is 0.123 e. The number of nitrogens with zero attached hydrogens (tertiary/aromatic N) is 2. The van der Waals surface area contributed by atoms with Gasteiger partial charge in [-0.1, -0.05) is 42.5 Å². The first-order valence-electron chi connectivity index (χ1n) is 8.77. The lowest BCUT2D eigenvalue weighted by Gasteiger charge is -2.12. The smallest absolute Gasteiger partial charge is 0.123 e. The zero-order valence-corrected chi connectivity index (χ0v) is 14.6. The maximum atomic E-state index is 13.1. The van der Waals surface area contributed by atoms with Crippen LogP contribution >= 0.6 is 0 Å². The fourth-order valence-electron chi connectivity index (χ4n) is 3.10. The van der Waals surface area contributed by atoms with E-state index in [0.29, 0.717) is 13.1 Å². The number of hydrogen-bond acceptors (Lipinski definition) is 1. The molecule has 0 atom stereocenters. The molecule has 4 aromatic rings. The summed E-state index contributed by atoms with van der Waals surface area (Å²) in [6.07, 6.45) is 2.00. The summed E-state index contributed by atoms with van der Waals surface area (Å²) in [7, 11) is 0. The van der Waals surface area contributed by atoms with E-state index in [1.54, 1.807) is 24.3 Å². The van der Waals surface area contributed by atoms with Gasteiger partial charge in [0.2, 0.25) is 0 Å². The standard InChI is InChI=1S/C23H18F2N2/c24-19-9-5-17(6-10-19)15-26-22-13-14-27(23-4-2-1-3-21(22)23)16-18-7-11-20(25)12-8-18/h1-14H,15-16H2. The summed E-state index contributed by atoms with van der Waals surface area (Å²) >= 11 is 0. The highest BCUT2D eigenvalue weighted by Gasteiger charge is 2.03. The fraction of sp³-hybridized carbons (Fsp3) is 0.0870. The van der Waals surface area contributed by atoms with Gasteiger partial charge in [-0.2, -0.15) is 0 Å². The number of aromatic nitrogens is 1. The van der Waals surface area contributed by atoms with Crippen LogP contribution in [0.1, 0.15) is 11.1 Å². The zero-order chi connectivity index (χ0) is 18.6. The van der Waals surface area contributed by atoms with Crippen molar-refractivity contribution < 1.29 is 8.78 Å². The molecule has 4 heteroatoms. The van der Waals surface area contributed by atoms with Gasteiger partial charge in [-0.05, 0) is 47.5 Å². The van der Waals surface area contributed by atoms with Crippen LogP contribution in [-0.2, 0) is 13.1 Å². The summed E-state index contributed by atoms with van der Waals surface area (Å²) in [5.74, 6) is -0.478. The lowest BCUT2D eigenvalue weighted by molar-refractivity contribution is 0.626. The topological polar surface area (TPSA) is 17.3 Å². The molecule has 0 bridgehead atoms. The second kappa shape index (κ2) is 7.54. The molecule has 2 nitrogen and oxygen atoms in total. The second-order valence-electron chi connectivity index (χ2n) is 6.42. The quantitative estimate of drug-likeness (QED) is 0.484. The normalized spacial score (nSPS) is 11.9. The van der Waals surface area contributed by atoms with Gasteiger partial charge in [-0.15, -0.1) is 0 Å². The number of fused-ring (bicyclic) bond motifs is 1. The predicted octanol–water partition coefficient (Wildman–Crippen LogP) is 5.07. The van der Waals surface area contributed by atoms with Crippen LogP contribution in [0.25, 0.3) is 10.9 Å². The van der Waals surface area contributed by atoms with E-state index in [1.165, 1.54) is 24.3 Å². The molecule has 4 rings (SSSR count). The van der Waals surface area contributed by atoms with Crippen molar-refractivity contribution in [2.45, 2.75) is 13.1 Å². The monoisotopic (exact) mass is 360 g/mol. The highest BCUT2D eigenvalue weighted by molar-refractivity contribution is 5.78. The number of pyridine rings is 1. The molecule has 0 spiro atoms. The summed E-state index contributed by atoms with van der Waals surface area (Å²) in [6, 6.07) is 23.0. The van der Waals surface area contributed by atoms with Crippen molar-refractivity contribution >= 4 is 10.9 Å². The maximum absolute atomic E-state index is 13.1. The van der Waals surface area contributed by atoms with Crippen LogP contribution in [0.4, 0.5) is 8.78 Å². The van der Waals surface area contributed by atoms with Gasteiger partial charge >= 0.3 is 0 Å². The Bertz CT molecular complexity index is 1130. The van der Waals surface area contributed by atoms with Gasteiger partial charge in [0.15, 0.2) is 0 Å². The molecule has 134 valence electrons. The van der Waals surface area contributed by atoms with Gasteiger partial charge in [0.25, 0.3) is 0 Å². The Morgan fingerprint density at radius 2 is 1.33 bits per heavy atom. The van der Waals surface area contributed by atoms with Crippen molar-refractivity contribution in [3.05, 3.63) is 113 Å². The van der Waals surface area contributed by atoms with Gasteiger partial charge in [0.05, 0.1) is 17.4 Å². The van der Waals surface area contributed by atoms with E-state index in [9.17, 15) is 8.78 Å². The van der Waals surface area contributed by atoms with Crippen LogP contribution in [0.3, 0.4) is 0 Å².